The Kier molecular flexibility index (Phi) is 4.57. The Morgan fingerprint density at radius 3 is 2.71 bits per heavy atom. The number of rotatable bonds is 5. The molecular weight excluding hydrogens is 309 g/mol. The van der Waals surface area contributed by atoms with Crippen LogP contribution in [0.4, 0.5) is 10.1 Å². The molecule has 24 heavy (non-hydrogen) atoms. The topological polar surface area (TPSA) is 62.4 Å². The van der Waals surface area contributed by atoms with Crippen LogP contribution in [0.3, 0.4) is 0 Å². The van der Waals surface area contributed by atoms with E-state index in [0.717, 1.165) is 16.8 Å². The van der Waals surface area contributed by atoms with Crippen molar-refractivity contribution in [3.05, 3.63) is 59.4 Å². The van der Waals surface area contributed by atoms with Crippen molar-refractivity contribution in [1.82, 2.24) is 10.3 Å². The molecular formula is C18H18FN3O2. The summed E-state index contributed by atoms with van der Waals surface area (Å²) in [6.45, 7) is 2.28. The van der Waals surface area contributed by atoms with Crippen LogP contribution in [-0.2, 0) is 6.54 Å². The largest absolute Gasteiger partial charge is 0.389 e. The summed E-state index contributed by atoms with van der Waals surface area (Å²) in [5, 5.41) is 17.3. The molecule has 6 heteroatoms. The standard InChI is InChI=1S/C18H18FN3O2/c1-12(23)3-4-14-9-16-18(21-24-20-16)17(10-14)22(2)11-13-5-7-15(19)8-6-13/h3-10,12,23H,11H2,1-2H3/b4-3+. The van der Waals surface area contributed by atoms with Gasteiger partial charge < -0.3 is 10.0 Å². The van der Waals surface area contributed by atoms with Crippen molar-refractivity contribution in [3.8, 4) is 0 Å². The molecule has 0 aliphatic rings. The van der Waals surface area contributed by atoms with E-state index in [1.165, 1.54) is 12.1 Å². The van der Waals surface area contributed by atoms with Gasteiger partial charge in [-0.3, -0.25) is 0 Å². The zero-order valence-corrected chi connectivity index (χ0v) is 13.5. The lowest BCUT2D eigenvalue weighted by atomic mass is 10.1. The molecule has 3 aromatic rings. The zero-order chi connectivity index (χ0) is 17.1. The van der Waals surface area contributed by atoms with E-state index in [-0.39, 0.29) is 5.82 Å². The summed E-state index contributed by atoms with van der Waals surface area (Å²) in [7, 11) is 1.93. The Morgan fingerprint density at radius 1 is 1.25 bits per heavy atom. The Labute approximate surface area is 139 Å². The molecule has 0 spiro atoms. The number of aliphatic hydroxyl groups is 1. The highest BCUT2D eigenvalue weighted by atomic mass is 19.1. The maximum absolute atomic E-state index is 13.0. The van der Waals surface area contributed by atoms with E-state index in [1.807, 2.05) is 30.2 Å². The van der Waals surface area contributed by atoms with Gasteiger partial charge in [-0.2, -0.15) is 0 Å². The molecule has 0 aliphatic heterocycles. The molecule has 0 saturated carbocycles. The minimum absolute atomic E-state index is 0.255. The van der Waals surface area contributed by atoms with Crippen molar-refractivity contribution in [3.63, 3.8) is 0 Å². The van der Waals surface area contributed by atoms with Gasteiger partial charge in [-0.1, -0.05) is 24.3 Å². The Balaban J connectivity index is 1.94. The predicted octanol–water partition coefficient (Wildman–Crippen LogP) is 3.39. The van der Waals surface area contributed by atoms with E-state index in [1.54, 1.807) is 25.1 Å². The van der Waals surface area contributed by atoms with Crippen LogP contribution in [0.5, 0.6) is 0 Å². The number of benzene rings is 2. The lowest BCUT2D eigenvalue weighted by Crippen LogP contribution is -2.17. The van der Waals surface area contributed by atoms with E-state index in [2.05, 4.69) is 10.3 Å². The highest BCUT2D eigenvalue weighted by molar-refractivity contribution is 5.90. The van der Waals surface area contributed by atoms with Gasteiger partial charge in [-0.05, 0) is 52.6 Å². The summed E-state index contributed by atoms with van der Waals surface area (Å²) in [5.74, 6) is -0.255. The smallest absolute Gasteiger partial charge is 0.158 e. The maximum atomic E-state index is 13.0. The third-order valence-corrected chi connectivity index (χ3v) is 3.67. The number of hydrogen-bond acceptors (Lipinski definition) is 5. The summed E-state index contributed by atoms with van der Waals surface area (Å²) >= 11 is 0. The van der Waals surface area contributed by atoms with E-state index in [9.17, 15) is 9.50 Å². The van der Waals surface area contributed by atoms with Crippen molar-refractivity contribution in [1.29, 1.82) is 0 Å². The molecule has 2 aromatic carbocycles. The molecule has 1 N–H and O–H groups in total. The molecule has 1 heterocycles. The molecule has 0 amide bonds. The minimum atomic E-state index is -0.531. The lowest BCUT2D eigenvalue weighted by Gasteiger charge is -2.20. The number of anilines is 1. The van der Waals surface area contributed by atoms with Gasteiger partial charge in [0.05, 0.1) is 11.8 Å². The van der Waals surface area contributed by atoms with Gasteiger partial charge in [0, 0.05) is 13.6 Å². The summed E-state index contributed by atoms with van der Waals surface area (Å²) in [5.41, 5.74) is 4.02. The predicted molar refractivity (Wildman–Crippen MR) is 91.0 cm³/mol. The Hall–Kier alpha value is -2.73. The molecule has 0 radical (unpaired) electrons. The van der Waals surface area contributed by atoms with Crippen molar-refractivity contribution in [2.24, 2.45) is 0 Å². The number of aliphatic hydroxyl groups excluding tert-OH is 1. The van der Waals surface area contributed by atoms with Crippen molar-refractivity contribution in [2.75, 3.05) is 11.9 Å². The summed E-state index contributed by atoms with van der Waals surface area (Å²) in [6, 6.07) is 10.2. The molecule has 0 aliphatic carbocycles. The second kappa shape index (κ2) is 6.80. The number of aromatic nitrogens is 2. The fraction of sp³-hybridized carbons (Fsp3) is 0.222. The van der Waals surface area contributed by atoms with Gasteiger partial charge in [0.25, 0.3) is 0 Å². The zero-order valence-electron chi connectivity index (χ0n) is 13.5. The molecule has 3 rings (SSSR count). The molecule has 0 saturated heterocycles. The number of nitrogens with zero attached hydrogens (tertiary/aromatic N) is 3. The van der Waals surface area contributed by atoms with Crippen molar-refractivity contribution < 1.29 is 14.1 Å². The van der Waals surface area contributed by atoms with Crippen molar-refractivity contribution >= 4 is 22.8 Å². The number of fused-ring (bicyclic) bond motifs is 1. The fourth-order valence-corrected chi connectivity index (χ4v) is 2.48. The van der Waals surface area contributed by atoms with Crippen LogP contribution in [0, 0.1) is 5.82 Å². The van der Waals surface area contributed by atoms with Crippen LogP contribution in [0.1, 0.15) is 18.1 Å². The first kappa shape index (κ1) is 16.1. The van der Waals surface area contributed by atoms with Crippen molar-refractivity contribution in [2.45, 2.75) is 19.6 Å². The van der Waals surface area contributed by atoms with Crippen LogP contribution in [0.25, 0.3) is 17.1 Å². The van der Waals surface area contributed by atoms with Gasteiger partial charge in [-0.15, -0.1) is 0 Å². The highest BCUT2D eigenvalue weighted by Gasteiger charge is 2.13. The van der Waals surface area contributed by atoms with Gasteiger partial charge in [0.2, 0.25) is 0 Å². The highest BCUT2D eigenvalue weighted by Crippen LogP contribution is 2.27. The lowest BCUT2D eigenvalue weighted by molar-refractivity contribution is 0.245. The average Bonchev–Trinajstić information content (AvgIpc) is 3.02. The SMILES string of the molecule is CC(O)/C=C/c1cc(N(C)Cc2ccc(F)cc2)c2nonc2c1. The van der Waals surface area contributed by atoms with Gasteiger partial charge in [-0.25, -0.2) is 9.02 Å². The third kappa shape index (κ3) is 3.60. The minimum Gasteiger partial charge on any atom is -0.389 e. The molecule has 124 valence electrons. The van der Waals surface area contributed by atoms with E-state index < -0.39 is 6.10 Å². The molecule has 5 nitrogen and oxygen atoms in total. The molecule has 1 aromatic heterocycles. The maximum Gasteiger partial charge on any atom is 0.158 e. The first-order valence-electron chi connectivity index (χ1n) is 7.61. The van der Waals surface area contributed by atoms with Crippen LogP contribution in [-0.4, -0.2) is 28.6 Å². The third-order valence-electron chi connectivity index (χ3n) is 3.67. The van der Waals surface area contributed by atoms with Crippen LogP contribution in [0.15, 0.2) is 47.1 Å². The quantitative estimate of drug-likeness (QED) is 0.778. The second-order valence-electron chi connectivity index (χ2n) is 5.75. The first-order chi connectivity index (χ1) is 11.5. The normalized spacial score (nSPS) is 12.8. The molecule has 1 atom stereocenters. The van der Waals surface area contributed by atoms with E-state index >= 15 is 0 Å². The number of hydrogen-bond donors (Lipinski definition) is 1. The fourth-order valence-electron chi connectivity index (χ4n) is 2.48. The monoisotopic (exact) mass is 327 g/mol. The number of halogens is 1. The summed E-state index contributed by atoms with van der Waals surface area (Å²) in [4.78, 5) is 2.00. The van der Waals surface area contributed by atoms with Crippen LogP contribution < -0.4 is 4.90 Å². The van der Waals surface area contributed by atoms with Gasteiger partial charge in [0.15, 0.2) is 5.52 Å². The summed E-state index contributed by atoms with van der Waals surface area (Å²) in [6.07, 6.45) is 2.99. The average molecular weight is 327 g/mol. The summed E-state index contributed by atoms with van der Waals surface area (Å²) < 4.78 is 17.9. The Bertz CT molecular complexity index is 856. The van der Waals surface area contributed by atoms with E-state index in [0.29, 0.717) is 17.6 Å². The van der Waals surface area contributed by atoms with Crippen LogP contribution in [0.2, 0.25) is 0 Å². The van der Waals surface area contributed by atoms with Crippen LogP contribution >= 0.6 is 0 Å². The van der Waals surface area contributed by atoms with E-state index in [4.69, 9.17) is 4.63 Å². The second-order valence-corrected chi connectivity index (χ2v) is 5.75. The molecule has 1 unspecified atom stereocenters. The van der Waals surface area contributed by atoms with Gasteiger partial charge >= 0.3 is 0 Å². The molecule has 0 bridgehead atoms. The first-order valence-corrected chi connectivity index (χ1v) is 7.61. The Morgan fingerprint density at radius 2 is 2.00 bits per heavy atom. The molecule has 0 fully saturated rings. The van der Waals surface area contributed by atoms with Gasteiger partial charge in [0.1, 0.15) is 11.3 Å².